The summed E-state index contributed by atoms with van der Waals surface area (Å²) >= 11 is 6.30. The quantitative estimate of drug-likeness (QED) is 0.552. The Bertz CT molecular complexity index is 1030. The third-order valence-corrected chi connectivity index (χ3v) is 4.08. The first-order valence-corrected chi connectivity index (χ1v) is 8.74. The van der Waals surface area contributed by atoms with Gasteiger partial charge in [-0.3, -0.25) is 0 Å². The van der Waals surface area contributed by atoms with E-state index in [1.165, 1.54) is 7.11 Å². The molecule has 8 nitrogen and oxygen atoms in total. The van der Waals surface area contributed by atoms with Gasteiger partial charge in [-0.15, -0.1) is 0 Å². The summed E-state index contributed by atoms with van der Waals surface area (Å²) < 4.78 is 20.8. The highest BCUT2D eigenvalue weighted by Crippen LogP contribution is 2.32. The number of nitrogens with zero attached hydrogens (tertiary/aromatic N) is 2. The fraction of sp³-hybridized carbons (Fsp3) is 0.150. The zero-order valence-electron chi connectivity index (χ0n) is 15.5. The first kappa shape index (κ1) is 20.2. The van der Waals surface area contributed by atoms with Crippen molar-refractivity contribution in [2.75, 3.05) is 20.8 Å². The Morgan fingerprint density at radius 2 is 1.86 bits per heavy atom. The monoisotopic (exact) mass is 415 g/mol. The Hall–Kier alpha value is -3.52. The maximum absolute atomic E-state index is 10.4. The highest BCUT2D eigenvalue weighted by atomic mass is 35.5. The van der Waals surface area contributed by atoms with Crippen LogP contribution in [0.5, 0.6) is 17.2 Å². The Kier molecular flexibility index (Phi) is 6.36. The van der Waals surface area contributed by atoms with Crippen molar-refractivity contribution in [1.82, 2.24) is 10.1 Å². The smallest absolute Gasteiger partial charge is 0.269 e. The predicted octanol–water partition coefficient (Wildman–Crippen LogP) is 2.62. The minimum Gasteiger partial charge on any atom is -0.546 e. The van der Waals surface area contributed by atoms with Crippen LogP contribution in [0.3, 0.4) is 0 Å². The number of methoxy groups -OCH3 is 2. The third kappa shape index (κ3) is 5.05. The van der Waals surface area contributed by atoms with Crippen LogP contribution >= 0.6 is 11.6 Å². The van der Waals surface area contributed by atoms with Gasteiger partial charge >= 0.3 is 0 Å². The largest absolute Gasteiger partial charge is 0.546 e. The molecule has 1 heterocycles. The Morgan fingerprint density at radius 3 is 2.52 bits per heavy atom. The van der Waals surface area contributed by atoms with Crippen LogP contribution in [-0.2, 0) is 4.79 Å². The second kappa shape index (κ2) is 9.11. The highest BCUT2D eigenvalue weighted by Gasteiger charge is 2.16. The lowest BCUT2D eigenvalue weighted by Crippen LogP contribution is -2.28. The van der Waals surface area contributed by atoms with Gasteiger partial charge in [-0.05, 0) is 35.9 Å². The van der Waals surface area contributed by atoms with Crippen LogP contribution in [0.25, 0.3) is 22.5 Å². The number of carbonyl (C=O) groups excluding carboxylic acids is 1. The Labute approximate surface area is 171 Å². The van der Waals surface area contributed by atoms with Gasteiger partial charge in [-0.2, -0.15) is 4.98 Å². The molecule has 0 aliphatic carbocycles. The van der Waals surface area contributed by atoms with Gasteiger partial charge in [-0.1, -0.05) is 28.9 Å². The number of carbonyl (C=O) groups is 1. The van der Waals surface area contributed by atoms with Crippen LogP contribution in [0.2, 0.25) is 0 Å². The average molecular weight is 416 g/mol. The molecule has 1 aromatic heterocycles. The molecule has 150 valence electrons. The van der Waals surface area contributed by atoms with E-state index < -0.39 is 12.6 Å². The Morgan fingerprint density at radius 1 is 1.14 bits per heavy atom. The first-order chi connectivity index (χ1) is 14.0. The SMILES string of the molecule is COc1ccc(-c2noc(/C(Cl)=C/c3ccc(OCC(=O)[O-])cc3)n2)c(OC)c1. The molecular formula is C20H16ClN2O6-. The molecule has 0 radical (unpaired) electrons. The normalized spacial score (nSPS) is 11.2. The zero-order chi connectivity index (χ0) is 20.8. The summed E-state index contributed by atoms with van der Waals surface area (Å²) in [6.07, 6.45) is 1.63. The summed E-state index contributed by atoms with van der Waals surface area (Å²) in [6, 6.07) is 11.9. The van der Waals surface area contributed by atoms with Gasteiger partial charge in [0, 0.05) is 6.07 Å². The van der Waals surface area contributed by atoms with Gasteiger partial charge < -0.3 is 28.6 Å². The molecule has 0 aliphatic rings. The van der Waals surface area contributed by atoms with Crippen LogP contribution in [0.1, 0.15) is 11.5 Å². The molecule has 0 saturated carbocycles. The number of halogens is 1. The van der Waals surface area contributed by atoms with Crippen molar-refractivity contribution in [2.45, 2.75) is 0 Å². The number of hydrogen-bond acceptors (Lipinski definition) is 8. The molecule has 0 unspecified atom stereocenters. The molecule has 0 atom stereocenters. The van der Waals surface area contributed by atoms with Crippen molar-refractivity contribution in [1.29, 1.82) is 0 Å². The maximum Gasteiger partial charge on any atom is 0.269 e. The molecule has 2 aromatic carbocycles. The average Bonchev–Trinajstić information content (AvgIpc) is 3.23. The molecule has 0 spiro atoms. The summed E-state index contributed by atoms with van der Waals surface area (Å²) in [4.78, 5) is 14.7. The topological polar surface area (TPSA) is 107 Å². The van der Waals surface area contributed by atoms with E-state index in [-0.39, 0.29) is 10.9 Å². The minimum atomic E-state index is -1.29. The number of hydrogen-bond donors (Lipinski definition) is 0. The van der Waals surface area contributed by atoms with Crippen LogP contribution in [0.4, 0.5) is 0 Å². The van der Waals surface area contributed by atoms with Gasteiger partial charge in [0.2, 0.25) is 5.82 Å². The van der Waals surface area contributed by atoms with Crippen LogP contribution in [0.15, 0.2) is 47.0 Å². The van der Waals surface area contributed by atoms with Gasteiger partial charge in [0.1, 0.15) is 28.9 Å². The number of benzene rings is 2. The minimum absolute atomic E-state index is 0.136. The van der Waals surface area contributed by atoms with Crippen molar-refractivity contribution < 1.29 is 28.6 Å². The summed E-state index contributed by atoms with van der Waals surface area (Å²) in [6.45, 7) is -0.518. The van der Waals surface area contributed by atoms with E-state index in [4.69, 9.17) is 30.3 Å². The zero-order valence-corrected chi connectivity index (χ0v) is 16.3. The van der Waals surface area contributed by atoms with E-state index >= 15 is 0 Å². The second-order valence-corrected chi connectivity index (χ2v) is 6.12. The molecule has 0 bridgehead atoms. The van der Waals surface area contributed by atoms with E-state index in [1.54, 1.807) is 55.7 Å². The van der Waals surface area contributed by atoms with Crippen molar-refractivity contribution >= 4 is 28.7 Å². The van der Waals surface area contributed by atoms with E-state index in [2.05, 4.69) is 10.1 Å². The Balaban J connectivity index is 1.78. The first-order valence-electron chi connectivity index (χ1n) is 8.36. The lowest BCUT2D eigenvalue weighted by molar-refractivity contribution is -0.307. The van der Waals surface area contributed by atoms with Gasteiger partial charge in [0.05, 0.1) is 25.8 Å². The molecule has 29 heavy (non-hydrogen) atoms. The van der Waals surface area contributed by atoms with Crippen molar-refractivity contribution in [3.05, 3.63) is 53.9 Å². The van der Waals surface area contributed by atoms with Crippen LogP contribution < -0.4 is 19.3 Å². The third-order valence-electron chi connectivity index (χ3n) is 3.81. The number of ether oxygens (including phenoxy) is 3. The van der Waals surface area contributed by atoms with Crippen molar-refractivity contribution in [2.24, 2.45) is 0 Å². The van der Waals surface area contributed by atoms with Crippen LogP contribution in [0, 0.1) is 0 Å². The summed E-state index contributed by atoms with van der Waals surface area (Å²) in [5.41, 5.74) is 1.36. The molecule has 9 heteroatoms. The number of aromatic nitrogens is 2. The number of aliphatic carboxylic acids is 1. The summed E-state index contributed by atoms with van der Waals surface area (Å²) in [5.74, 6) is 0.726. The van der Waals surface area contributed by atoms with E-state index in [1.807, 2.05) is 0 Å². The standard InChI is InChI=1S/C20H17ClN2O6/c1-26-14-7-8-15(17(10-14)27-2)19-22-20(29-23-19)16(21)9-12-3-5-13(6-4-12)28-11-18(24)25/h3-10H,11H2,1-2H3,(H,24,25)/p-1/b16-9-. The molecule has 0 N–H and O–H groups in total. The predicted molar refractivity (Wildman–Crippen MR) is 104 cm³/mol. The van der Waals surface area contributed by atoms with Gasteiger partial charge in [0.15, 0.2) is 0 Å². The van der Waals surface area contributed by atoms with E-state index in [0.29, 0.717) is 28.6 Å². The molecule has 3 rings (SSSR count). The fourth-order valence-corrected chi connectivity index (χ4v) is 2.63. The second-order valence-electron chi connectivity index (χ2n) is 5.71. The maximum atomic E-state index is 10.4. The van der Waals surface area contributed by atoms with Crippen molar-refractivity contribution in [3.8, 4) is 28.6 Å². The summed E-state index contributed by atoms with van der Waals surface area (Å²) in [5, 5.41) is 14.6. The van der Waals surface area contributed by atoms with Gasteiger partial charge in [-0.25, -0.2) is 0 Å². The molecule has 0 aliphatic heterocycles. The number of rotatable bonds is 8. The summed E-state index contributed by atoms with van der Waals surface area (Å²) in [7, 11) is 3.10. The molecule has 0 fully saturated rings. The molecule has 0 amide bonds. The van der Waals surface area contributed by atoms with Crippen molar-refractivity contribution in [3.63, 3.8) is 0 Å². The molecule has 3 aromatic rings. The molecular weight excluding hydrogens is 400 g/mol. The lowest BCUT2D eigenvalue weighted by atomic mass is 10.2. The molecule has 0 saturated heterocycles. The number of carboxylic acid groups (broad SMARTS) is 1. The van der Waals surface area contributed by atoms with Gasteiger partial charge in [0.25, 0.3) is 5.89 Å². The van der Waals surface area contributed by atoms with E-state index in [9.17, 15) is 9.90 Å². The van der Waals surface area contributed by atoms with E-state index in [0.717, 1.165) is 5.56 Å². The number of carboxylic acids is 1. The lowest BCUT2D eigenvalue weighted by Gasteiger charge is -2.07. The van der Waals surface area contributed by atoms with Crippen LogP contribution in [-0.4, -0.2) is 36.9 Å². The fourth-order valence-electron chi connectivity index (χ4n) is 2.42. The highest BCUT2D eigenvalue weighted by molar-refractivity contribution is 6.50.